The number of amides is 1. The number of alkyl halides is 3. The first-order valence-electron chi connectivity index (χ1n) is 8.61. The van der Waals surface area contributed by atoms with Gasteiger partial charge in [0.05, 0.1) is 43.8 Å². The molecule has 0 aliphatic rings. The van der Waals surface area contributed by atoms with Gasteiger partial charge in [0.15, 0.2) is 11.5 Å². The summed E-state index contributed by atoms with van der Waals surface area (Å²) in [6.45, 7) is 0. The minimum atomic E-state index is -4.58. The van der Waals surface area contributed by atoms with Gasteiger partial charge in [-0.15, -0.1) is 0 Å². The van der Waals surface area contributed by atoms with Crippen LogP contribution in [0.15, 0.2) is 48.8 Å². The van der Waals surface area contributed by atoms with Crippen LogP contribution >= 0.6 is 0 Å². The van der Waals surface area contributed by atoms with Crippen molar-refractivity contribution in [1.82, 2.24) is 9.78 Å². The van der Waals surface area contributed by atoms with Gasteiger partial charge in [0, 0.05) is 24.5 Å². The van der Waals surface area contributed by atoms with Crippen LogP contribution < -0.4 is 19.5 Å². The molecule has 30 heavy (non-hydrogen) atoms. The molecule has 1 amide bonds. The van der Waals surface area contributed by atoms with Gasteiger partial charge in [-0.3, -0.25) is 4.79 Å². The first-order chi connectivity index (χ1) is 14.3. The van der Waals surface area contributed by atoms with E-state index in [-0.39, 0.29) is 28.4 Å². The molecule has 0 saturated carbocycles. The molecule has 3 rings (SSSR count). The Morgan fingerprint density at radius 1 is 1.00 bits per heavy atom. The number of benzene rings is 2. The average molecular weight is 421 g/mol. The number of hydrogen-bond donors (Lipinski definition) is 1. The molecular formula is C20H18F3N3O4. The Hall–Kier alpha value is -3.69. The average Bonchev–Trinajstić information content (AvgIpc) is 3.26. The molecule has 1 aromatic heterocycles. The highest BCUT2D eigenvalue weighted by Crippen LogP contribution is 2.36. The van der Waals surface area contributed by atoms with Gasteiger partial charge in [-0.1, -0.05) is 0 Å². The maximum Gasteiger partial charge on any atom is 0.416 e. The molecule has 0 radical (unpaired) electrons. The van der Waals surface area contributed by atoms with E-state index in [9.17, 15) is 18.0 Å². The van der Waals surface area contributed by atoms with E-state index in [0.717, 1.165) is 12.1 Å². The third-order valence-electron chi connectivity index (χ3n) is 4.27. The van der Waals surface area contributed by atoms with Gasteiger partial charge in [-0.2, -0.15) is 18.3 Å². The minimum Gasteiger partial charge on any atom is -0.496 e. The maximum atomic E-state index is 13.2. The van der Waals surface area contributed by atoms with Gasteiger partial charge in [0.25, 0.3) is 5.91 Å². The van der Waals surface area contributed by atoms with Gasteiger partial charge in [0.1, 0.15) is 5.75 Å². The van der Waals surface area contributed by atoms with Crippen LogP contribution in [-0.4, -0.2) is 37.0 Å². The minimum absolute atomic E-state index is 0.0546. The van der Waals surface area contributed by atoms with Crippen molar-refractivity contribution in [2.24, 2.45) is 0 Å². The van der Waals surface area contributed by atoms with E-state index in [2.05, 4.69) is 10.4 Å². The van der Waals surface area contributed by atoms with Crippen molar-refractivity contribution in [2.75, 3.05) is 26.6 Å². The Bertz CT molecular complexity index is 1050. The third kappa shape index (κ3) is 4.17. The van der Waals surface area contributed by atoms with E-state index in [0.29, 0.717) is 5.75 Å². The normalized spacial score (nSPS) is 11.1. The molecule has 158 valence electrons. The number of carbonyl (C=O) groups excluding carboxylic acids is 1. The molecule has 0 atom stereocenters. The van der Waals surface area contributed by atoms with Gasteiger partial charge < -0.3 is 19.5 Å². The lowest BCUT2D eigenvalue weighted by Crippen LogP contribution is -2.17. The van der Waals surface area contributed by atoms with Gasteiger partial charge in [-0.05, 0) is 24.3 Å². The summed E-state index contributed by atoms with van der Waals surface area (Å²) in [5.74, 6) is 0.0697. The zero-order chi connectivity index (χ0) is 21.9. The fourth-order valence-electron chi connectivity index (χ4n) is 2.82. The molecular weight excluding hydrogens is 403 g/mol. The Kier molecular flexibility index (Phi) is 5.86. The number of hydrogen-bond acceptors (Lipinski definition) is 5. The molecule has 0 fully saturated rings. The Morgan fingerprint density at radius 3 is 2.23 bits per heavy atom. The molecule has 2 aromatic carbocycles. The van der Waals surface area contributed by atoms with Crippen molar-refractivity contribution in [3.8, 4) is 22.9 Å². The van der Waals surface area contributed by atoms with Crippen molar-refractivity contribution in [3.63, 3.8) is 0 Å². The van der Waals surface area contributed by atoms with Gasteiger partial charge >= 0.3 is 6.18 Å². The van der Waals surface area contributed by atoms with Crippen LogP contribution in [0.5, 0.6) is 17.2 Å². The highest BCUT2D eigenvalue weighted by atomic mass is 19.4. The van der Waals surface area contributed by atoms with Gasteiger partial charge in [-0.25, -0.2) is 4.68 Å². The number of rotatable bonds is 6. The summed E-state index contributed by atoms with van der Waals surface area (Å²) in [6, 6.07) is 7.45. The summed E-state index contributed by atoms with van der Waals surface area (Å²) in [6.07, 6.45) is -1.56. The Morgan fingerprint density at radius 2 is 1.67 bits per heavy atom. The number of halogens is 3. The quantitative estimate of drug-likeness (QED) is 0.647. The predicted molar refractivity (Wildman–Crippen MR) is 103 cm³/mol. The molecule has 0 unspecified atom stereocenters. The molecule has 3 aromatic rings. The standard InChI is InChI=1S/C20H18F3N3O4/c1-28-16-11-18(30-3)17(29-2)10-13(16)19(27)25-14-9-12(20(21,22)23)5-6-15(14)26-8-4-7-24-26/h4-11H,1-3H3,(H,25,27). The summed E-state index contributed by atoms with van der Waals surface area (Å²) >= 11 is 0. The summed E-state index contributed by atoms with van der Waals surface area (Å²) in [5, 5.41) is 6.54. The monoisotopic (exact) mass is 421 g/mol. The van der Waals surface area contributed by atoms with Crippen molar-refractivity contribution in [1.29, 1.82) is 0 Å². The molecule has 10 heteroatoms. The maximum absolute atomic E-state index is 13.2. The first-order valence-corrected chi connectivity index (χ1v) is 8.61. The van der Waals surface area contributed by atoms with Crippen molar-refractivity contribution in [2.45, 2.75) is 6.18 Å². The summed E-state index contributed by atoms with van der Waals surface area (Å²) in [7, 11) is 4.18. The molecule has 1 N–H and O–H groups in total. The van der Waals surface area contributed by atoms with Crippen LogP contribution in [0.4, 0.5) is 18.9 Å². The molecule has 0 bridgehead atoms. The largest absolute Gasteiger partial charge is 0.496 e. The zero-order valence-electron chi connectivity index (χ0n) is 16.3. The smallest absolute Gasteiger partial charge is 0.416 e. The number of nitrogens with zero attached hydrogens (tertiary/aromatic N) is 2. The lowest BCUT2D eigenvalue weighted by atomic mass is 10.1. The number of nitrogens with one attached hydrogen (secondary N) is 1. The lowest BCUT2D eigenvalue weighted by Gasteiger charge is -2.17. The zero-order valence-corrected chi connectivity index (χ0v) is 16.3. The summed E-state index contributed by atoms with van der Waals surface area (Å²) in [5.41, 5.74) is -0.664. The molecule has 0 aliphatic heterocycles. The molecule has 0 aliphatic carbocycles. The third-order valence-corrected chi connectivity index (χ3v) is 4.27. The first kappa shape index (κ1) is 21.0. The highest BCUT2D eigenvalue weighted by Gasteiger charge is 2.31. The van der Waals surface area contributed by atoms with E-state index in [1.807, 2.05) is 0 Å². The van der Waals surface area contributed by atoms with Gasteiger partial charge in [0.2, 0.25) is 0 Å². The topological polar surface area (TPSA) is 74.6 Å². The number of carbonyl (C=O) groups is 1. The number of methoxy groups -OCH3 is 3. The van der Waals surface area contributed by atoms with E-state index < -0.39 is 17.6 Å². The second kappa shape index (κ2) is 8.36. The van der Waals surface area contributed by atoms with Crippen LogP contribution in [-0.2, 0) is 6.18 Å². The fourth-order valence-corrected chi connectivity index (χ4v) is 2.82. The van der Waals surface area contributed by atoms with Crippen LogP contribution in [0.3, 0.4) is 0 Å². The van der Waals surface area contributed by atoms with Crippen LogP contribution in [0, 0.1) is 0 Å². The number of anilines is 1. The second-order valence-electron chi connectivity index (χ2n) is 6.04. The van der Waals surface area contributed by atoms with E-state index in [1.54, 1.807) is 12.3 Å². The molecule has 1 heterocycles. The predicted octanol–water partition coefficient (Wildman–Crippen LogP) is 4.17. The van der Waals surface area contributed by atoms with Crippen LogP contribution in [0.2, 0.25) is 0 Å². The Labute approximate surface area is 170 Å². The lowest BCUT2D eigenvalue weighted by molar-refractivity contribution is -0.137. The molecule has 7 nitrogen and oxygen atoms in total. The SMILES string of the molecule is COc1cc(OC)c(C(=O)Nc2cc(C(F)(F)F)ccc2-n2cccn2)cc1OC. The number of aromatic nitrogens is 2. The van der Waals surface area contributed by atoms with Crippen molar-refractivity contribution in [3.05, 3.63) is 59.9 Å². The van der Waals surface area contributed by atoms with E-state index >= 15 is 0 Å². The van der Waals surface area contributed by atoms with Crippen molar-refractivity contribution >= 4 is 11.6 Å². The van der Waals surface area contributed by atoms with Crippen molar-refractivity contribution < 1.29 is 32.2 Å². The highest BCUT2D eigenvalue weighted by molar-refractivity contribution is 6.07. The second-order valence-corrected chi connectivity index (χ2v) is 6.04. The number of ether oxygens (including phenoxy) is 3. The fraction of sp³-hybridized carbons (Fsp3) is 0.200. The van der Waals surface area contributed by atoms with E-state index in [1.165, 1.54) is 50.4 Å². The van der Waals surface area contributed by atoms with Crippen LogP contribution in [0.25, 0.3) is 5.69 Å². The molecule has 0 spiro atoms. The van der Waals surface area contributed by atoms with E-state index in [4.69, 9.17) is 14.2 Å². The molecule has 0 saturated heterocycles. The Balaban J connectivity index is 2.06. The summed E-state index contributed by atoms with van der Waals surface area (Å²) in [4.78, 5) is 12.9. The summed E-state index contributed by atoms with van der Waals surface area (Å²) < 4.78 is 56.6. The van der Waals surface area contributed by atoms with Crippen LogP contribution in [0.1, 0.15) is 15.9 Å².